The van der Waals surface area contributed by atoms with Crippen LogP contribution >= 0.6 is 0 Å². The first-order chi connectivity index (χ1) is 7.49. The molecule has 0 fully saturated rings. The van der Waals surface area contributed by atoms with Crippen molar-refractivity contribution in [1.29, 1.82) is 0 Å². The Balaban J connectivity index is 2.46. The number of hydrogen-bond acceptors (Lipinski definition) is 3. The van der Waals surface area contributed by atoms with Crippen molar-refractivity contribution in [1.82, 2.24) is 15.1 Å². The zero-order valence-electron chi connectivity index (χ0n) is 9.97. The first kappa shape index (κ1) is 12.7. The molecule has 16 heavy (non-hydrogen) atoms. The second kappa shape index (κ2) is 5.65. The van der Waals surface area contributed by atoms with Gasteiger partial charge in [-0.2, -0.15) is 5.10 Å². The molecule has 0 amide bonds. The molecule has 0 radical (unpaired) electrons. The molecule has 1 rings (SSSR count). The molecule has 2 N–H and O–H groups in total. The van der Waals surface area contributed by atoms with Crippen molar-refractivity contribution < 1.29 is 9.90 Å². The predicted molar refractivity (Wildman–Crippen MR) is 61.3 cm³/mol. The second-order valence-electron chi connectivity index (χ2n) is 4.22. The number of aliphatic carboxylic acids is 1. The minimum absolute atomic E-state index is 0.167. The third-order valence-corrected chi connectivity index (χ3v) is 2.25. The van der Waals surface area contributed by atoms with Crippen LogP contribution in [0.2, 0.25) is 0 Å². The van der Waals surface area contributed by atoms with Crippen LogP contribution in [0.5, 0.6) is 0 Å². The van der Waals surface area contributed by atoms with E-state index >= 15 is 0 Å². The van der Waals surface area contributed by atoms with Gasteiger partial charge >= 0.3 is 5.97 Å². The minimum Gasteiger partial charge on any atom is -0.480 e. The molecule has 5 nitrogen and oxygen atoms in total. The van der Waals surface area contributed by atoms with E-state index in [-0.39, 0.29) is 6.04 Å². The highest BCUT2D eigenvalue weighted by Gasteiger charge is 2.17. The van der Waals surface area contributed by atoms with Gasteiger partial charge in [-0.3, -0.25) is 9.48 Å². The van der Waals surface area contributed by atoms with Crippen LogP contribution in [0.3, 0.4) is 0 Å². The van der Waals surface area contributed by atoms with E-state index in [1.807, 2.05) is 33.0 Å². The van der Waals surface area contributed by atoms with Gasteiger partial charge in [0.15, 0.2) is 0 Å². The monoisotopic (exact) mass is 225 g/mol. The van der Waals surface area contributed by atoms with Gasteiger partial charge in [0.2, 0.25) is 0 Å². The number of aromatic nitrogens is 2. The van der Waals surface area contributed by atoms with E-state index in [1.54, 1.807) is 4.68 Å². The fraction of sp³-hybridized carbons (Fsp3) is 0.636. The largest absolute Gasteiger partial charge is 0.480 e. The van der Waals surface area contributed by atoms with Gasteiger partial charge < -0.3 is 10.4 Å². The number of nitrogens with one attached hydrogen (secondary N) is 1. The smallest absolute Gasteiger partial charge is 0.320 e. The quantitative estimate of drug-likeness (QED) is 0.759. The van der Waals surface area contributed by atoms with Gasteiger partial charge in [0, 0.05) is 18.8 Å². The Labute approximate surface area is 95.5 Å². The van der Waals surface area contributed by atoms with Gasteiger partial charge in [-0.25, -0.2) is 0 Å². The van der Waals surface area contributed by atoms with Crippen LogP contribution in [0.4, 0.5) is 0 Å². The lowest BCUT2D eigenvalue weighted by Crippen LogP contribution is -2.41. The molecule has 1 unspecified atom stereocenters. The Kier molecular flexibility index (Phi) is 4.49. The van der Waals surface area contributed by atoms with Gasteiger partial charge in [0.1, 0.15) is 6.04 Å². The average molecular weight is 225 g/mol. The molecule has 0 aliphatic rings. The molecule has 5 heteroatoms. The van der Waals surface area contributed by atoms with Crippen molar-refractivity contribution in [2.75, 3.05) is 0 Å². The number of hydrogen-bond donors (Lipinski definition) is 2. The fourth-order valence-corrected chi connectivity index (χ4v) is 1.53. The first-order valence-corrected chi connectivity index (χ1v) is 5.48. The zero-order valence-corrected chi connectivity index (χ0v) is 9.97. The molecule has 0 aliphatic carbocycles. The molecule has 0 aliphatic heterocycles. The maximum absolute atomic E-state index is 11.0. The number of nitrogens with zero attached hydrogens (tertiary/aromatic N) is 2. The summed E-state index contributed by atoms with van der Waals surface area (Å²) in [6, 6.07) is 1.57. The van der Waals surface area contributed by atoms with Gasteiger partial charge in [0.25, 0.3) is 0 Å². The Morgan fingerprint density at radius 3 is 2.75 bits per heavy atom. The lowest BCUT2D eigenvalue weighted by Gasteiger charge is -2.16. The van der Waals surface area contributed by atoms with Crippen molar-refractivity contribution in [3.63, 3.8) is 0 Å². The van der Waals surface area contributed by atoms with Crippen molar-refractivity contribution in [2.45, 2.75) is 45.8 Å². The number of rotatable bonds is 6. The summed E-state index contributed by atoms with van der Waals surface area (Å²) >= 11 is 0. The van der Waals surface area contributed by atoms with Crippen molar-refractivity contribution in [3.8, 4) is 0 Å². The van der Waals surface area contributed by atoms with E-state index in [4.69, 9.17) is 5.11 Å². The molecule has 0 saturated carbocycles. The lowest BCUT2D eigenvalue weighted by molar-refractivity contribution is -0.139. The molecule has 1 aromatic rings. The van der Waals surface area contributed by atoms with Gasteiger partial charge in [-0.05, 0) is 19.4 Å². The molecule has 1 heterocycles. The molecular formula is C11H19N3O2. The Hall–Kier alpha value is -1.36. The van der Waals surface area contributed by atoms with E-state index in [2.05, 4.69) is 10.4 Å². The van der Waals surface area contributed by atoms with Crippen LogP contribution in [-0.2, 0) is 11.3 Å². The highest BCUT2D eigenvalue weighted by molar-refractivity contribution is 5.73. The average Bonchev–Trinajstić information content (AvgIpc) is 2.58. The first-order valence-electron chi connectivity index (χ1n) is 5.48. The Bertz CT molecular complexity index is 347. The van der Waals surface area contributed by atoms with Crippen LogP contribution in [0, 0.1) is 6.92 Å². The summed E-state index contributed by atoms with van der Waals surface area (Å²) in [7, 11) is 0. The summed E-state index contributed by atoms with van der Waals surface area (Å²) in [6.07, 6.45) is 2.40. The summed E-state index contributed by atoms with van der Waals surface area (Å²) < 4.78 is 1.77. The Morgan fingerprint density at radius 2 is 2.31 bits per heavy atom. The van der Waals surface area contributed by atoms with Crippen LogP contribution in [-0.4, -0.2) is 32.9 Å². The molecule has 0 spiro atoms. The van der Waals surface area contributed by atoms with Crippen LogP contribution in [0.1, 0.15) is 26.0 Å². The van der Waals surface area contributed by atoms with Crippen molar-refractivity contribution in [3.05, 3.63) is 18.0 Å². The van der Waals surface area contributed by atoms with E-state index in [0.717, 1.165) is 5.69 Å². The van der Waals surface area contributed by atoms with Crippen molar-refractivity contribution >= 4 is 5.97 Å². The van der Waals surface area contributed by atoms with Gasteiger partial charge in [-0.1, -0.05) is 13.8 Å². The standard InChI is InChI=1S/C11H19N3O2/c1-8(2)12-10(11(15)16)5-7-14-6-4-9(3)13-14/h4,6,8,10,12H,5,7H2,1-3H3,(H,15,16). The lowest BCUT2D eigenvalue weighted by atomic mass is 10.2. The van der Waals surface area contributed by atoms with Gasteiger partial charge in [0.05, 0.1) is 5.69 Å². The Morgan fingerprint density at radius 1 is 1.62 bits per heavy atom. The van der Waals surface area contributed by atoms with E-state index in [1.165, 1.54) is 0 Å². The predicted octanol–water partition coefficient (Wildman–Crippen LogP) is 1.03. The third-order valence-electron chi connectivity index (χ3n) is 2.25. The normalized spacial score (nSPS) is 13.0. The number of carboxylic acid groups (broad SMARTS) is 1. The topological polar surface area (TPSA) is 67.2 Å². The summed E-state index contributed by atoms with van der Waals surface area (Å²) in [5.41, 5.74) is 0.948. The van der Waals surface area contributed by atoms with Crippen LogP contribution in [0.15, 0.2) is 12.3 Å². The number of carboxylic acids is 1. The summed E-state index contributed by atoms with van der Waals surface area (Å²) in [5.74, 6) is -0.808. The summed E-state index contributed by atoms with van der Waals surface area (Å²) in [4.78, 5) is 11.0. The maximum Gasteiger partial charge on any atom is 0.320 e. The molecule has 1 aromatic heterocycles. The maximum atomic E-state index is 11.0. The molecule has 1 atom stereocenters. The highest BCUT2D eigenvalue weighted by atomic mass is 16.4. The minimum atomic E-state index is -0.808. The molecular weight excluding hydrogens is 206 g/mol. The molecule has 0 saturated heterocycles. The van der Waals surface area contributed by atoms with Crippen LogP contribution < -0.4 is 5.32 Å². The third kappa shape index (κ3) is 4.02. The number of carbonyl (C=O) groups is 1. The zero-order chi connectivity index (χ0) is 12.1. The van der Waals surface area contributed by atoms with E-state index in [9.17, 15) is 4.79 Å². The molecule has 90 valence electrons. The second-order valence-corrected chi connectivity index (χ2v) is 4.22. The summed E-state index contributed by atoms with van der Waals surface area (Å²) in [5, 5.41) is 16.2. The molecule has 0 bridgehead atoms. The van der Waals surface area contributed by atoms with Crippen molar-refractivity contribution in [2.24, 2.45) is 0 Å². The summed E-state index contributed by atoms with van der Waals surface area (Å²) in [6.45, 7) is 6.41. The number of aryl methyl sites for hydroxylation is 2. The fourth-order valence-electron chi connectivity index (χ4n) is 1.53. The van der Waals surface area contributed by atoms with E-state index in [0.29, 0.717) is 13.0 Å². The van der Waals surface area contributed by atoms with Gasteiger partial charge in [-0.15, -0.1) is 0 Å². The van der Waals surface area contributed by atoms with E-state index < -0.39 is 12.0 Å². The molecule has 0 aromatic carbocycles. The van der Waals surface area contributed by atoms with Crippen LogP contribution in [0.25, 0.3) is 0 Å². The highest BCUT2D eigenvalue weighted by Crippen LogP contribution is 2.00. The SMILES string of the molecule is Cc1ccn(CCC(NC(C)C)C(=O)O)n1.